The zero-order chi connectivity index (χ0) is 25.0. The predicted octanol–water partition coefficient (Wildman–Crippen LogP) is 7.48. The Morgan fingerprint density at radius 3 is 1.69 bits per heavy atom. The number of aromatic nitrogens is 2. The van der Waals surface area contributed by atoms with Crippen LogP contribution < -0.4 is 11.1 Å². The second-order valence-corrected chi connectivity index (χ2v) is 8.05. The maximum absolute atomic E-state index is 4.69. The summed E-state index contributed by atoms with van der Waals surface area (Å²) in [5, 5.41) is 3.38. The quantitative estimate of drug-likeness (QED) is 0.290. The van der Waals surface area contributed by atoms with Crippen molar-refractivity contribution in [3.8, 4) is 11.1 Å². The third-order valence-corrected chi connectivity index (χ3v) is 5.53. The first-order chi connectivity index (χ1) is 17.1. The lowest BCUT2D eigenvalue weighted by atomic mass is 10.0. The summed E-state index contributed by atoms with van der Waals surface area (Å²) in [6, 6.07) is 35.3. The van der Waals surface area contributed by atoms with E-state index in [-0.39, 0.29) is 0 Å². The van der Waals surface area contributed by atoms with Crippen LogP contribution in [-0.2, 0) is 6.42 Å². The molecule has 4 nitrogen and oxygen atoms in total. The number of anilines is 2. The van der Waals surface area contributed by atoms with Crippen LogP contribution in [0.5, 0.6) is 0 Å². The van der Waals surface area contributed by atoms with Crippen LogP contribution in [0.4, 0.5) is 11.5 Å². The van der Waals surface area contributed by atoms with Gasteiger partial charge in [0, 0.05) is 5.69 Å². The van der Waals surface area contributed by atoms with Gasteiger partial charge in [-0.25, -0.2) is 9.97 Å². The van der Waals surface area contributed by atoms with Crippen molar-refractivity contribution in [1.29, 1.82) is 0 Å². The maximum Gasteiger partial charge on any atom is 0.152 e. The van der Waals surface area contributed by atoms with Gasteiger partial charge < -0.3 is 11.1 Å². The van der Waals surface area contributed by atoms with Gasteiger partial charge in [-0.1, -0.05) is 91.3 Å². The molecule has 0 amide bonds. The lowest BCUT2D eigenvalue weighted by Crippen LogP contribution is -1.99. The second kappa shape index (κ2) is 13.0. The normalized spacial score (nSPS) is 9.97. The van der Waals surface area contributed by atoms with Crippen LogP contribution in [0.25, 0.3) is 22.2 Å². The first kappa shape index (κ1) is 25.6. The summed E-state index contributed by atoms with van der Waals surface area (Å²) in [5.74, 6) is 0.793. The van der Waals surface area contributed by atoms with Crippen molar-refractivity contribution in [3.05, 3.63) is 120 Å². The van der Waals surface area contributed by atoms with Gasteiger partial charge in [0.15, 0.2) is 5.82 Å². The molecule has 0 bridgehead atoms. The Labute approximate surface area is 208 Å². The van der Waals surface area contributed by atoms with Gasteiger partial charge in [0.2, 0.25) is 0 Å². The van der Waals surface area contributed by atoms with Crippen molar-refractivity contribution in [2.24, 2.45) is 5.73 Å². The number of nitrogens with zero attached hydrogens (tertiary/aromatic N) is 2. The molecule has 4 heteroatoms. The summed E-state index contributed by atoms with van der Waals surface area (Å²) in [7, 11) is 1.50. The summed E-state index contributed by atoms with van der Waals surface area (Å²) >= 11 is 0. The maximum atomic E-state index is 4.69. The molecule has 35 heavy (non-hydrogen) atoms. The number of aryl methyl sites for hydroxylation is 3. The molecule has 0 spiro atoms. The third-order valence-electron chi connectivity index (χ3n) is 5.53. The molecule has 4 aromatic carbocycles. The van der Waals surface area contributed by atoms with Gasteiger partial charge in [0.1, 0.15) is 0 Å². The lowest BCUT2D eigenvalue weighted by Gasteiger charge is -2.10. The van der Waals surface area contributed by atoms with Crippen molar-refractivity contribution in [1.82, 2.24) is 9.97 Å². The minimum atomic E-state index is 0.793. The molecule has 1 heterocycles. The van der Waals surface area contributed by atoms with E-state index in [0.717, 1.165) is 34.7 Å². The number of rotatable bonds is 4. The molecule has 0 aliphatic carbocycles. The number of benzene rings is 4. The van der Waals surface area contributed by atoms with Crippen LogP contribution in [0, 0.1) is 13.8 Å². The smallest absolute Gasteiger partial charge is 0.152 e. The Hall–Kier alpha value is -4.02. The molecule has 0 unspecified atom stereocenters. The SMILES string of the molecule is CCc1ccccc1.CN.Cc1ccc(-c2ccc(Nc3nc4ccccc4nc3C)cc2)cc1. The number of para-hydroxylation sites is 2. The van der Waals surface area contributed by atoms with Crippen LogP contribution in [0.1, 0.15) is 23.7 Å². The van der Waals surface area contributed by atoms with Crippen molar-refractivity contribution in [2.45, 2.75) is 27.2 Å². The summed E-state index contributed by atoms with van der Waals surface area (Å²) in [6.45, 7) is 6.24. The molecule has 0 radical (unpaired) electrons. The highest BCUT2D eigenvalue weighted by Gasteiger charge is 2.06. The van der Waals surface area contributed by atoms with Crippen LogP contribution in [-0.4, -0.2) is 17.0 Å². The average Bonchev–Trinajstić information content (AvgIpc) is 2.92. The molecule has 0 saturated carbocycles. The molecule has 5 aromatic rings. The number of fused-ring (bicyclic) bond motifs is 1. The summed E-state index contributed by atoms with van der Waals surface area (Å²) < 4.78 is 0. The number of hydrogen-bond donors (Lipinski definition) is 2. The zero-order valence-electron chi connectivity index (χ0n) is 21.0. The number of hydrogen-bond acceptors (Lipinski definition) is 4. The van der Waals surface area contributed by atoms with E-state index in [2.05, 4.69) is 108 Å². The molecule has 5 rings (SSSR count). The van der Waals surface area contributed by atoms with E-state index in [0.29, 0.717) is 0 Å². The van der Waals surface area contributed by atoms with Gasteiger partial charge in [-0.05, 0) is 68.3 Å². The molecule has 0 saturated heterocycles. The highest BCUT2D eigenvalue weighted by Crippen LogP contribution is 2.24. The topological polar surface area (TPSA) is 63.8 Å². The van der Waals surface area contributed by atoms with E-state index in [1.54, 1.807) is 0 Å². The highest BCUT2D eigenvalue weighted by atomic mass is 15.0. The van der Waals surface area contributed by atoms with Crippen LogP contribution in [0.15, 0.2) is 103 Å². The Kier molecular flexibility index (Phi) is 9.52. The van der Waals surface area contributed by atoms with Gasteiger partial charge in [0.05, 0.1) is 16.7 Å². The van der Waals surface area contributed by atoms with E-state index < -0.39 is 0 Å². The molecular weight excluding hydrogens is 428 g/mol. The van der Waals surface area contributed by atoms with Gasteiger partial charge in [-0.15, -0.1) is 0 Å². The molecule has 1 aromatic heterocycles. The molecular formula is C31H34N4. The fourth-order valence-corrected chi connectivity index (χ4v) is 3.55. The van der Waals surface area contributed by atoms with Gasteiger partial charge >= 0.3 is 0 Å². The van der Waals surface area contributed by atoms with Crippen LogP contribution >= 0.6 is 0 Å². The summed E-state index contributed by atoms with van der Waals surface area (Å²) in [6.07, 6.45) is 1.14. The Morgan fingerprint density at radius 2 is 1.14 bits per heavy atom. The minimum absolute atomic E-state index is 0.793. The molecule has 0 fully saturated rings. The highest BCUT2D eigenvalue weighted by molar-refractivity contribution is 5.77. The van der Waals surface area contributed by atoms with Crippen molar-refractivity contribution < 1.29 is 0 Å². The first-order valence-electron chi connectivity index (χ1n) is 11.9. The summed E-state index contributed by atoms with van der Waals surface area (Å²) in [4.78, 5) is 9.31. The van der Waals surface area contributed by atoms with Gasteiger partial charge in [-0.3, -0.25) is 0 Å². The minimum Gasteiger partial charge on any atom is -0.339 e. The molecule has 0 aliphatic rings. The van der Waals surface area contributed by atoms with Gasteiger partial charge in [-0.2, -0.15) is 0 Å². The zero-order valence-corrected chi connectivity index (χ0v) is 21.0. The lowest BCUT2D eigenvalue weighted by molar-refractivity contribution is 1.14. The Balaban J connectivity index is 0.000000289. The van der Waals surface area contributed by atoms with E-state index in [9.17, 15) is 0 Å². The van der Waals surface area contributed by atoms with E-state index in [4.69, 9.17) is 0 Å². The van der Waals surface area contributed by atoms with Crippen molar-refractivity contribution in [3.63, 3.8) is 0 Å². The fourth-order valence-electron chi connectivity index (χ4n) is 3.55. The summed E-state index contributed by atoms with van der Waals surface area (Å²) in [5.41, 5.74) is 13.3. The fraction of sp³-hybridized carbons (Fsp3) is 0.161. The first-order valence-corrected chi connectivity index (χ1v) is 11.9. The second-order valence-electron chi connectivity index (χ2n) is 8.05. The van der Waals surface area contributed by atoms with Crippen molar-refractivity contribution in [2.75, 3.05) is 12.4 Å². The molecule has 3 N–H and O–H groups in total. The number of nitrogens with two attached hydrogens (primary N) is 1. The third kappa shape index (κ3) is 7.23. The standard InChI is InChI=1S/C22H19N3.C8H10.CH5N/c1-15-7-9-17(10-8-15)18-11-13-19(14-12-18)24-22-16(2)23-20-5-3-4-6-21(20)25-22;1-2-8-6-4-3-5-7-8;1-2/h3-14H,1-2H3,(H,24,25);3-7H,2H2,1H3;2H2,1H3. The Bertz CT molecular complexity index is 1310. The molecule has 0 atom stereocenters. The Morgan fingerprint density at radius 1 is 0.629 bits per heavy atom. The average molecular weight is 463 g/mol. The van der Waals surface area contributed by atoms with E-state index in [1.807, 2.05) is 37.3 Å². The van der Waals surface area contributed by atoms with Crippen LogP contribution in [0.2, 0.25) is 0 Å². The number of nitrogens with one attached hydrogen (secondary N) is 1. The monoisotopic (exact) mass is 462 g/mol. The predicted molar refractivity (Wildman–Crippen MR) is 150 cm³/mol. The van der Waals surface area contributed by atoms with Crippen molar-refractivity contribution >= 4 is 22.5 Å². The van der Waals surface area contributed by atoms with E-state index >= 15 is 0 Å². The van der Waals surface area contributed by atoms with Gasteiger partial charge in [0.25, 0.3) is 0 Å². The molecule has 0 aliphatic heterocycles. The van der Waals surface area contributed by atoms with Crippen LogP contribution in [0.3, 0.4) is 0 Å². The largest absolute Gasteiger partial charge is 0.339 e. The molecule has 178 valence electrons. The van der Waals surface area contributed by atoms with E-state index in [1.165, 1.54) is 29.3 Å².